The van der Waals surface area contributed by atoms with Crippen LogP contribution in [0.4, 0.5) is 9.52 Å². The van der Waals surface area contributed by atoms with E-state index in [9.17, 15) is 17.6 Å². The van der Waals surface area contributed by atoms with Gasteiger partial charge in [-0.2, -0.15) is 16.5 Å². The Balaban J connectivity index is 1.83. The summed E-state index contributed by atoms with van der Waals surface area (Å²) in [6.07, 6.45) is 2.20. The maximum absolute atomic E-state index is 13.4. The quantitative estimate of drug-likeness (QED) is 0.521. The molecular formula is C20H22FN3O3S3. The molecule has 1 unspecified atom stereocenters. The normalized spacial score (nSPS) is 12.8. The van der Waals surface area contributed by atoms with Gasteiger partial charge in [-0.15, -0.1) is 0 Å². The first-order valence-corrected chi connectivity index (χ1v) is 12.8. The fourth-order valence-corrected chi connectivity index (χ4v) is 5.80. The van der Waals surface area contributed by atoms with Gasteiger partial charge in [-0.1, -0.05) is 23.5 Å². The molecule has 0 spiro atoms. The zero-order chi connectivity index (χ0) is 21.9. The van der Waals surface area contributed by atoms with Crippen molar-refractivity contribution in [2.24, 2.45) is 0 Å². The van der Waals surface area contributed by atoms with Crippen LogP contribution in [-0.4, -0.2) is 37.4 Å². The van der Waals surface area contributed by atoms with Crippen molar-refractivity contribution in [1.82, 2.24) is 9.71 Å². The van der Waals surface area contributed by atoms with E-state index >= 15 is 0 Å². The van der Waals surface area contributed by atoms with Gasteiger partial charge in [0.25, 0.3) is 0 Å². The highest BCUT2D eigenvalue weighted by atomic mass is 32.2. The van der Waals surface area contributed by atoms with Crippen molar-refractivity contribution >= 4 is 54.4 Å². The maximum Gasteiger partial charge on any atom is 0.244 e. The second-order valence-electron chi connectivity index (χ2n) is 6.84. The van der Waals surface area contributed by atoms with E-state index in [1.54, 1.807) is 19.1 Å². The minimum absolute atomic E-state index is 0.153. The van der Waals surface area contributed by atoms with Crippen molar-refractivity contribution in [3.05, 3.63) is 53.3 Å². The third-order valence-corrected chi connectivity index (χ3v) is 7.63. The smallest absolute Gasteiger partial charge is 0.244 e. The number of thioether (sulfide) groups is 1. The van der Waals surface area contributed by atoms with Crippen LogP contribution >= 0.6 is 23.1 Å². The molecule has 0 bridgehead atoms. The first kappa shape index (κ1) is 22.7. The summed E-state index contributed by atoms with van der Waals surface area (Å²) in [5.74, 6) is -0.293. The number of rotatable bonds is 8. The van der Waals surface area contributed by atoms with E-state index in [-0.39, 0.29) is 10.7 Å². The highest BCUT2D eigenvalue weighted by molar-refractivity contribution is 7.98. The second-order valence-corrected chi connectivity index (χ2v) is 10.5. The Kier molecular flexibility index (Phi) is 7.12. The van der Waals surface area contributed by atoms with Gasteiger partial charge in [0.15, 0.2) is 5.13 Å². The summed E-state index contributed by atoms with van der Waals surface area (Å²) < 4.78 is 42.5. The molecule has 1 aromatic heterocycles. The van der Waals surface area contributed by atoms with Crippen molar-refractivity contribution in [3.63, 3.8) is 0 Å². The summed E-state index contributed by atoms with van der Waals surface area (Å²) in [4.78, 5) is 17.3. The van der Waals surface area contributed by atoms with E-state index in [1.165, 1.54) is 30.0 Å². The van der Waals surface area contributed by atoms with Gasteiger partial charge in [-0.25, -0.2) is 17.8 Å². The van der Waals surface area contributed by atoms with Crippen molar-refractivity contribution in [2.75, 3.05) is 17.3 Å². The predicted molar refractivity (Wildman–Crippen MR) is 121 cm³/mol. The Hall–Kier alpha value is -2.01. The number of sulfonamides is 1. The number of hydrogen-bond donors (Lipinski definition) is 2. The van der Waals surface area contributed by atoms with Crippen molar-refractivity contribution < 1.29 is 17.6 Å². The molecule has 0 aliphatic rings. The molecule has 3 aromatic rings. The molecule has 30 heavy (non-hydrogen) atoms. The van der Waals surface area contributed by atoms with E-state index in [0.29, 0.717) is 33.1 Å². The molecule has 2 aromatic carbocycles. The Morgan fingerprint density at radius 3 is 2.73 bits per heavy atom. The summed E-state index contributed by atoms with van der Waals surface area (Å²) in [5, 5.41) is 2.96. The molecular weight excluding hydrogens is 445 g/mol. The molecule has 1 atom stereocenters. The zero-order valence-electron chi connectivity index (χ0n) is 16.7. The largest absolute Gasteiger partial charge is 0.301 e. The Morgan fingerprint density at radius 1 is 1.23 bits per heavy atom. The van der Waals surface area contributed by atoms with Gasteiger partial charge in [0.2, 0.25) is 15.9 Å². The summed E-state index contributed by atoms with van der Waals surface area (Å²) in [5.41, 5.74) is 1.98. The molecule has 0 fully saturated rings. The minimum atomic E-state index is -3.90. The van der Waals surface area contributed by atoms with E-state index < -0.39 is 22.0 Å². The standard InChI is InChI=1S/C20H22FN3O3S3/c1-12-4-5-13(2)18(10-12)30(26,27)24-16(8-9-28-3)19(25)23-20-22-15-7-6-14(21)11-17(15)29-20/h4-7,10-11,16,24H,8-9H2,1-3H3,(H,22,23,25). The van der Waals surface area contributed by atoms with Gasteiger partial charge in [-0.3, -0.25) is 4.79 Å². The number of hydrogen-bond acceptors (Lipinski definition) is 6. The number of amides is 1. The Labute approximate surface area is 183 Å². The van der Waals surface area contributed by atoms with Gasteiger partial charge in [0, 0.05) is 0 Å². The predicted octanol–water partition coefficient (Wildman–Crippen LogP) is 4.09. The van der Waals surface area contributed by atoms with E-state index in [4.69, 9.17) is 0 Å². The lowest BCUT2D eigenvalue weighted by atomic mass is 10.2. The molecule has 0 saturated carbocycles. The molecule has 0 aliphatic carbocycles. The molecule has 0 saturated heterocycles. The van der Waals surface area contributed by atoms with Crippen LogP contribution in [0.15, 0.2) is 41.3 Å². The first-order chi connectivity index (χ1) is 14.2. The number of carbonyl (C=O) groups excluding carboxylic acids is 1. The molecule has 0 radical (unpaired) electrons. The van der Waals surface area contributed by atoms with Crippen molar-refractivity contribution in [3.8, 4) is 0 Å². The highest BCUT2D eigenvalue weighted by Gasteiger charge is 2.27. The van der Waals surface area contributed by atoms with E-state index in [1.807, 2.05) is 19.2 Å². The summed E-state index contributed by atoms with van der Waals surface area (Å²) in [6.45, 7) is 3.53. The lowest BCUT2D eigenvalue weighted by molar-refractivity contribution is -0.117. The molecule has 2 N–H and O–H groups in total. The number of nitrogens with one attached hydrogen (secondary N) is 2. The number of carbonyl (C=O) groups is 1. The molecule has 10 heteroatoms. The van der Waals surface area contributed by atoms with Gasteiger partial charge in [-0.05, 0) is 67.7 Å². The number of halogens is 1. The molecule has 160 valence electrons. The van der Waals surface area contributed by atoms with Gasteiger partial charge in [0.05, 0.1) is 15.1 Å². The topological polar surface area (TPSA) is 88.2 Å². The zero-order valence-corrected chi connectivity index (χ0v) is 19.2. The molecule has 1 amide bonds. The SMILES string of the molecule is CSCCC(NS(=O)(=O)c1cc(C)ccc1C)C(=O)Nc1nc2ccc(F)cc2s1. The van der Waals surface area contributed by atoms with E-state index in [0.717, 1.165) is 16.9 Å². The monoisotopic (exact) mass is 467 g/mol. The van der Waals surface area contributed by atoms with Crippen LogP contribution in [0.1, 0.15) is 17.5 Å². The van der Waals surface area contributed by atoms with Crippen LogP contribution in [0.25, 0.3) is 10.2 Å². The average Bonchev–Trinajstić information content (AvgIpc) is 3.08. The second kappa shape index (κ2) is 9.42. The molecule has 3 rings (SSSR count). The van der Waals surface area contributed by atoms with Gasteiger partial charge >= 0.3 is 0 Å². The lowest BCUT2D eigenvalue weighted by Gasteiger charge is -2.18. The van der Waals surface area contributed by atoms with Crippen LogP contribution in [0.2, 0.25) is 0 Å². The van der Waals surface area contributed by atoms with Crippen LogP contribution in [0.3, 0.4) is 0 Å². The van der Waals surface area contributed by atoms with Crippen LogP contribution in [0, 0.1) is 19.7 Å². The number of anilines is 1. The summed E-state index contributed by atoms with van der Waals surface area (Å²) in [6, 6.07) is 8.37. The van der Waals surface area contributed by atoms with E-state index in [2.05, 4.69) is 15.0 Å². The fraction of sp³-hybridized carbons (Fsp3) is 0.300. The van der Waals surface area contributed by atoms with Gasteiger partial charge < -0.3 is 5.32 Å². The number of benzene rings is 2. The molecule has 0 aliphatic heterocycles. The number of thiazole rings is 1. The number of aryl methyl sites for hydroxylation is 2. The first-order valence-electron chi connectivity index (χ1n) is 9.15. The summed E-state index contributed by atoms with van der Waals surface area (Å²) >= 11 is 2.65. The third-order valence-electron chi connectivity index (χ3n) is 4.44. The number of aromatic nitrogens is 1. The summed E-state index contributed by atoms with van der Waals surface area (Å²) in [7, 11) is -3.90. The maximum atomic E-state index is 13.4. The molecule has 6 nitrogen and oxygen atoms in total. The van der Waals surface area contributed by atoms with Gasteiger partial charge in [0.1, 0.15) is 11.9 Å². The van der Waals surface area contributed by atoms with Crippen LogP contribution < -0.4 is 10.0 Å². The highest BCUT2D eigenvalue weighted by Crippen LogP contribution is 2.27. The fourth-order valence-electron chi connectivity index (χ4n) is 2.87. The third kappa shape index (κ3) is 5.37. The Bertz CT molecular complexity index is 1180. The minimum Gasteiger partial charge on any atom is -0.301 e. The lowest BCUT2D eigenvalue weighted by Crippen LogP contribution is -2.44. The average molecular weight is 468 g/mol. The Morgan fingerprint density at radius 2 is 2.00 bits per heavy atom. The number of nitrogens with zero attached hydrogens (tertiary/aromatic N) is 1. The van der Waals surface area contributed by atoms with Crippen LogP contribution in [-0.2, 0) is 14.8 Å². The van der Waals surface area contributed by atoms with Crippen molar-refractivity contribution in [2.45, 2.75) is 31.2 Å². The number of fused-ring (bicyclic) bond motifs is 1. The molecule has 1 heterocycles. The van der Waals surface area contributed by atoms with Crippen LogP contribution in [0.5, 0.6) is 0 Å². The van der Waals surface area contributed by atoms with Crippen molar-refractivity contribution in [1.29, 1.82) is 0 Å².